The highest BCUT2D eigenvalue weighted by Gasteiger charge is 2.32. The maximum atomic E-state index is 13.3. The molecular formula is C9H10F4N2O3S. The normalized spacial score (nSPS) is 12.7. The second-order valence-corrected chi connectivity index (χ2v) is 5.36. The Morgan fingerprint density at radius 1 is 1.26 bits per heavy atom. The van der Waals surface area contributed by atoms with Gasteiger partial charge < -0.3 is 10.8 Å². The maximum Gasteiger partial charge on any atom is 0.283 e. The van der Waals surface area contributed by atoms with Crippen LogP contribution in [0.1, 0.15) is 0 Å². The van der Waals surface area contributed by atoms with Gasteiger partial charge in [0.25, 0.3) is 5.92 Å². The molecule has 0 saturated heterocycles. The Kier molecular flexibility index (Phi) is 4.38. The van der Waals surface area contributed by atoms with Crippen molar-refractivity contribution in [1.29, 1.82) is 0 Å². The molecule has 0 radical (unpaired) electrons. The summed E-state index contributed by atoms with van der Waals surface area (Å²) in [5, 5.41) is 8.26. The Balaban J connectivity index is 3.09. The number of halogens is 4. The molecule has 0 aromatic heterocycles. The number of rotatable bonds is 5. The Morgan fingerprint density at radius 2 is 1.74 bits per heavy atom. The lowest BCUT2D eigenvalue weighted by Crippen LogP contribution is -2.39. The van der Waals surface area contributed by atoms with Crippen LogP contribution in [0.2, 0.25) is 0 Å². The fourth-order valence-corrected chi connectivity index (χ4v) is 2.34. The van der Waals surface area contributed by atoms with Gasteiger partial charge in [0.15, 0.2) is 4.90 Å². The molecule has 0 bridgehead atoms. The molecule has 1 rings (SSSR count). The summed E-state index contributed by atoms with van der Waals surface area (Å²) in [6.07, 6.45) is 0. The third-order valence-corrected chi connectivity index (χ3v) is 3.49. The molecule has 4 N–H and O–H groups in total. The molecule has 0 unspecified atom stereocenters. The number of nitrogens with two attached hydrogens (primary N) is 1. The monoisotopic (exact) mass is 302 g/mol. The number of nitrogen functional groups attached to an aromatic ring is 1. The molecule has 0 fully saturated rings. The second kappa shape index (κ2) is 5.31. The van der Waals surface area contributed by atoms with Crippen molar-refractivity contribution in [3.8, 4) is 0 Å². The maximum absolute atomic E-state index is 13.3. The quantitative estimate of drug-likeness (QED) is 0.544. The molecule has 0 heterocycles. The fourth-order valence-electron chi connectivity index (χ4n) is 1.16. The minimum atomic E-state index is -4.83. The summed E-state index contributed by atoms with van der Waals surface area (Å²) in [4.78, 5) is -1.41. The van der Waals surface area contributed by atoms with Crippen LogP contribution in [-0.4, -0.2) is 32.6 Å². The van der Waals surface area contributed by atoms with Crippen LogP contribution in [0, 0.1) is 11.6 Å². The topological polar surface area (TPSA) is 92.4 Å². The van der Waals surface area contributed by atoms with E-state index in [9.17, 15) is 26.0 Å². The number of benzene rings is 1. The second-order valence-electron chi connectivity index (χ2n) is 3.65. The summed E-state index contributed by atoms with van der Waals surface area (Å²) in [6.45, 7) is -3.10. The van der Waals surface area contributed by atoms with Gasteiger partial charge in [-0.3, -0.25) is 0 Å². The zero-order chi connectivity index (χ0) is 14.8. The van der Waals surface area contributed by atoms with Crippen LogP contribution in [-0.2, 0) is 10.0 Å². The minimum absolute atomic E-state index is 0.352. The van der Waals surface area contributed by atoms with Crippen LogP contribution in [0.25, 0.3) is 0 Å². The van der Waals surface area contributed by atoms with Gasteiger partial charge in [-0.15, -0.1) is 0 Å². The van der Waals surface area contributed by atoms with E-state index >= 15 is 0 Å². The van der Waals surface area contributed by atoms with E-state index in [4.69, 9.17) is 10.8 Å². The smallest absolute Gasteiger partial charge is 0.283 e. The van der Waals surface area contributed by atoms with E-state index in [1.807, 2.05) is 0 Å². The Bertz CT molecular complexity index is 554. The van der Waals surface area contributed by atoms with Crippen molar-refractivity contribution in [1.82, 2.24) is 4.72 Å². The number of nitrogens with one attached hydrogen (secondary N) is 1. The molecule has 5 nitrogen and oxygen atoms in total. The number of aliphatic hydroxyl groups excluding tert-OH is 1. The van der Waals surface area contributed by atoms with Crippen LogP contribution in [0.3, 0.4) is 0 Å². The first-order valence-electron chi connectivity index (χ1n) is 4.82. The first-order chi connectivity index (χ1) is 8.59. The van der Waals surface area contributed by atoms with Crippen molar-refractivity contribution in [2.75, 3.05) is 18.9 Å². The van der Waals surface area contributed by atoms with E-state index in [0.29, 0.717) is 12.1 Å². The Hall–Kier alpha value is -1.39. The van der Waals surface area contributed by atoms with Crippen LogP contribution < -0.4 is 10.5 Å². The minimum Gasteiger partial charge on any atom is -0.399 e. The molecule has 0 aliphatic rings. The predicted octanol–water partition coefficient (Wildman–Crippen LogP) is 0.453. The first kappa shape index (κ1) is 15.7. The van der Waals surface area contributed by atoms with E-state index in [1.165, 1.54) is 4.72 Å². The number of alkyl halides is 2. The van der Waals surface area contributed by atoms with Gasteiger partial charge in [-0.2, -0.15) is 0 Å². The number of aliphatic hydroxyl groups is 1. The number of hydrogen-bond acceptors (Lipinski definition) is 4. The zero-order valence-corrected chi connectivity index (χ0v) is 10.1. The lowest BCUT2D eigenvalue weighted by molar-refractivity contribution is -0.0437. The van der Waals surface area contributed by atoms with Crippen molar-refractivity contribution in [3.63, 3.8) is 0 Å². The molecule has 1 aromatic carbocycles. The fraction of sp³-hybridized carbons (Fsp3) is 0.333. The molecule has 108 valence electrons. The van der Waals surface area contributed by atoms with E-state index in [-0.39, 0.29) is 5.69 Å². The molecule has 19 heavy (non-hydrogen) atoms. The lowest BCUT2D eigenvalue weighted by Gasteiger charge is -2.15. The van der Waals surface area contributed by atoms with Crippen molar-refractivity contribution in [2.45, 2.75) is 10.8 Å². The summed E-state index contributed by atoms with van der Waals surface area (Å²) < 4.78 is 76.3. The van der Waals surface area contributed by atoms with Crippen LogP contribution >= 0.6 is 0 Å². The zero-order valence-electron chi connectivity index (χ0n) is 9.33. The number of hydrogen-bond donors (Lipinski definition) is 3. The average Bonchev–Trinajstić information content (AvgIpc) is 2.25. The molecule has 10 heteroatoms. The highest BCUT2D eigenvalue weighted by atomic mass is 32.2. The third kappa shape index (κ3) is 3.78. The van der Waals surface area contributed by atoms with E-state index < -0.39 is 45.6 Å². The van der Waals surface area contributed by atoms with Crippen molar-refractivity contribution < 1.29 is 31.1 Å². The van der Waals surface area contributed by atoms with Gasteiger partial charge in [0.1, 0.15) is 18.2 Å². The van der Waals surface area contributed by atoms with Crippen LogP contribution in [0.4, 0.5) is 23.2 Å². The van der Waals surface area contributed by atoms with Crippen LogP contribution in [0.5, 0.6) is 0 Å². The van der Waals surface area contributed by atoms with Crippen molar-refractivity contribution >= 4 is 15.7 Å². The lowest BCUT2D eigenvalue weighted by atomic mass is 10.3. The Morgan fingerprint density at radius 3 is 2.16 bits per heavy atom. The Labute approximate surface area is 106 Å². The van der Waals surface area contributed by atoms with Gasteiger partial charge in [0, 0.05) is 5.69 Å². The molecule has 0 atom stereocenters. The van der Waals surface area contributed by atoms with Gasteiger partial charge in [-0.1, -0.05) is 0 Å². The molecule has 0 amide bonds. The number of anilines is 1. The molecule has 0 aliphatic heterocycles. The average molecular weight is 302 g/mol. The molecule has 0 aliphatic carbocycles. The van der Waals surface area contributed by atoms with Gasteiger partial charge in [-0.05, 0) is 12.1 Å². The number of sulfonamides is 1. The summed E-state index contributed by atoms with van der Waals surface area (Å²) in [6, 6.07) is 1.09. The molecule has 1 aromatic rings. The van der Waals surface area contributed by atoms with Gasteiger partial charge >= 0.3 is 0 Å². The van der Waals surface area contributed by atoms with E-state index in [1.54, 1.807) is 0 Å². The summed E-state index contributed by atoms with van der Waals surface area (Å²) in [7, 11) is -4.83. The molecule has 0 spiro atoms. The molecule has 0 saturated carbocycles. The first-order valence-corrected chi connectivity index (χ1v) is 6.30. The third-order valence-electron chi connectivity index (χ3n) is 2.04. The van der Waals surface area contributed by atoms with E-state index in [0.717, 1.165) is 0 Å². The van der Waals surface area contributed by atoms with Crippen molar-refractivity contribution in [3.05, 3.63) is 23.8 Å². The highest BCUT2D eigenvalue weighted by Crippen LogP contribution is 2.22. The SMILES string of the molecule is Nc1cc(F)c(S(=O)(=O)NCC(F)(F)CO)c(F)c1. The van der Waals surface area contributed by atoms with E-state index in [2.05, 4.69) is 0 Å². The summed E-state index contributed by atoms with van der Waals surface area (Å²) in [5.74, 6) is -6.75. The molecular weight excluding hydrogens is 292 g/mol. The van der Waals surface area contributed by atoms with Gasteiger partial charge in [-0.25, -0.2) is 30.7 Å². The predicted molar refractivity (Wildman–Crippen MR) is 58.0 cm³/mol. The largest absolute Gasteiger partial charge is 0.399 e. The van der Waals surface area contributed by atoms with Gasteiger partial charge in [0.05, 0.1) is 6.54 Å². The highest BCUT2D eigenvalue weighted by molar-refractivity contribution is 7.89. The van der Waals surface area contributed by atoms with Crippen molar-refractivity contribution in [2.24, 2.45) is 0 Å². The summed E-state index contributed by atoms with van der Waals surface area (Å²) >= 11 is 0. The summed E-state index contributed by atoms with van der Waals surface area (Å²) in [5.41, 5.74) is 4.74. The van der Waals surface area contributed by atoms with Crippen LogP contribution in [0.15, 0.2) is 17.0 Å². The standard InChI is InChI=1S/C9H10F4N2O3S/c10-6-1-5(14)2-7(11)8(6)19(17,18)15-3-9(12,13)4-16/h1-2,15-16H,3-4,14H2. The van der Waals surface area contributed by atoms with Gasteiger partial charge in [0.2, 0.25) is 10.0 Å².